The van der Waals surface area contributed by atoms with Gasteiger partial charge in [0.05, 0.1) is 48.9 Å². The molecule has 216 valence electrons. The highest BCUT2D eigenvalue weighted by Crippen LogP contribution is 2.34. The molecule has 0 saturated carbocycles. The van der Waals surface area contributed by atoms with Crippen molar-refractivity contribution in [3.05, 3.63) is 34.4 Å². The number of H-pyrrole nitrogens is 1. The Morgan fingerprint density at radius 3 is 2.31 bits per heavy atom. The Morgan fingerprint density at radius 1 is 1.10 bits per heavy atom. The molecule has 1 aliphatic rings. The van der Waals surface area contributed by atoms with E-state index in [0.29, 0.717) is 41.5 Å². The second kappa shape index (κ2) is 12.3. The van der Waals surface area contributed by atoms with Gasteiger partial charge in [-0.1, -0.05) is 19.1 Å². The lowest BCUT2D eigenvalue weighted by Crippen LogP contribution is -3.00. The number of aromatic amines is 1. The average molecular weight is 642 g/mol. The van der Waals surface area contributed by atoms with E-state index in [-0.39, 0.29) is 34.0 Å². The fraction of sp³-hybridized carbons (Fsp3) is 0.593. The van der Waals surface area contributed by atoms with Crippen molar-refractivity contribution >= 4 is 27.8 Å². The van der Waals surface area contributed by atoms with Crippen LogP contribution in [0.25, 0.3) is 16.9 Å². The maximum atomic E-state index is 14.0. The summed E-state index contributed by atoms with van der Waals surface area (Å²) in [5.74, 6) is 1.86. The summed E-state index contributed by atoms with van der Waals surface area (Å²) >= 11 is 5.65. The van der Waals surface area contributed by atoms with Crippen LogP contribution in [-0.2, 0) is 16.4 Å². The summed E-state index contributed by atoms with van der Waals surface area (Å²) in [6.45, 7) is 18.0. The van der Waals surface area contributed by atoms with Crippen molar-refractivity contribution in [3.63, 3.8) is 0 Å². The number of hydrogen-bond donors (Lipinski definition) is 1. The zero-order valence-electron chi connectivity index (χ0n) is 24.0. The van der Waals surface area contributed by atoms with Crippen LogP contribution in [0.15, 0.2) is 23.1 Å². The van der Waals surface area contributed by atoms with Crippen molar-refractivity contribution < 1.29 is 34.6 Å². The molecule has 2 atom stereocenters. The van der Waals surface area contributed by atoms with Crippen LogP contribution in [0.5, 0.6) is 5.75 Å². The Labute approximate surface area is 248 Å². The number of benzene rings is 1. The van der Waals surface area contributed by atoms with E-state index in [1.165, 1.54) is 0 Å². The quantitative estimate of drug-likeness (QED) is 0.283. The summed E-state index contributed by atoms with van der Waals surface area (Å²) < 4.78 is 38.7. The first-order valence-electron chi connectivity index (χ1n) is 13.7. The van der Waals surface area contributed by atoms with Gasteiger partial charge in [0.1, 0.15) is 29.2 Å². The van der Waals surface area contributed by atoms with Crippen LogP contribution in [0.2, 0.25) is 0 Å². The molecule has 0 radical (unpaired) electrons. The number of piperazine rings is 1. The second-order valence-corrected chi connectivity index (χ2v) is 12.6. The van der Waals surface area contributed by atoms with Gasteiger partial charge < -0.3 is 26.2 Å². The molecular weight excluding hydrogens is 600 g/mol. The Hall–Kier alpha value is -1.86. The van der Waals surface area contributed by atoms with Crippen molar-refractivity contribution in [2.24, 2.45) is 0 Å². The molecule has 1 fully saturated rings. The number of likely N-dealkylation sites (N-methyl/N-ethyl adjacent to an activating group) is 1. The van der Waals surface area contributed by atoms with Gasteiger partial charge in [0.25, 0.3) is 0 Å². The lowest BCUT2D eigenvalue weighted by atomic mass is 10.0. The molecule has 9 nitrogen and oxygen atoms in total. The van der Waals surface area contributed by atoms with Crippen LogP contribution in [0.3, 0.4) is 0 Å². The molecule has 0 unspecified atom stereocenters. The molecule has 0 amide bonds. The Balaban J connectivity index is 0.00000420. The van der Waals surface area contributed by atoms with Gasteiger partial charge >= 0.3 is 0 Å². The fourth-order valence-corrected chi connectivity index (χ4v) is 8.09. The maximum Gasteiger partial charge on any atom is 0.243 e. The van der Waals surface area contributed by atoms with Crippen LogP contribution in [0.4, 0.5) is 0 Å². The number of hydrogen-bond acceptors (Lipinski definition) is 6. The molecule has 0 bridgehead atoms. The summed E-state index contributed by atoms with van der Waals surface area (Å²) in [5.41, 5.74) is 2.14. The van der Waals surface area contributed by atoms with E-state index in [2.05, 4.69) is 49.7 Å². The molecule has 0 aliphatic carbocycles. The summed E-state index contributed by atoms with van der Waals surface area (Å²) in [7, 11) is -3.74. The van der Waals surface area contributed by atoms with E-state index < -0.39 is 10.0 Å². The number of imidazole rings is 1. The van der Waals surface area contributed by atoms with Gasteiger partial charge in [0.15, 0.2) is 10.5 Å². The van der Waals surface area contributed by atoms with Gasteiger partial charge in [0.2, 0.25) is 10.0 Å². The van der Waals surface area contributed by atoms with Crippen LogP contribution in [-0.4, -0.2) is 81.7 Å². The molecule has 3 aromatic rings. The third-order valence-electron chi connectivity index (χ3n) is 8.24. The molecule has 1 aliphatic heterocycles. The number of rotatable bonds is 9. The lowest BCUT2D eigenvalue weighted by molar-refractivity contribution is -0.970. The Bertz CT molecular complexity index is 1470. The highest BCUT2D eigenvalue weighted by molar-refractivity contribution is 7.89. The number of sulfonamides is 1. The highest BCUT2D eigenvalue weighted by atomic mass is 79.9. The molecule has 4 rings (SSSR count). The molecule has 3 heterocycles. The Morgan fingerprint density at radius 2 is 1.74 bits per heavy atom. The van der Waals surface area contributed by atoms with Gasteiger partial charge in [-0.15, -0.1) is 0 Å². The predicted octanol–water partition coefficient (Wildman–Crippen LogP) is 1.76. The number of nitrogens with zero attached hydrogens (tertiary/aromatic N) is 5. The Kier molecular flexibility index (Phi) is 10.0. The third kappa shape index (κ3) is 5.55. The third-order valence-corrected chi connectivity index (χ3v) is 10.4. The van der Waals surface area contributed by atoms with Crippen molar-refractivity contribution in [1.82, 2.24) is 23.9 Å². The molecule has 39 heavy (non-hydrogen) atoms. The molecular formula is C27H41BrN6O3S2. The number of fused-ring (bicyclic) bond motifs is 1. The van der Waals surface area contributed by atoms with E-state index >= 15 is 0 Å². The highest BCUT2D eigenvalue weighted by Gasteiger charge is 2.45. The SMILES string of the molecule is CCCc1nc(C)c2c(=S)nc(-c3cc(S(=O)(=O)N4C[C@@H](C)[N+](CC)(CC)[C@@H](C)C4)ccc3OCC)[nH]n12.[Br-]. The number of halogens is 1. The first-order chi connectivity index (χ1) is 18.0. The average Bonchev–Trinajstić information content (AvgIpc) is 3.20. The van der Waals surface area contributed by atoms with Crippen molar-refractivity contribution in [1.29, 1.82) is 0 Å². The lowest BCUT2D eigenvalue weighted by Gasteiger charge is -2.52. The molecule has 1 aromatic carbocycles. The zero-order chi connectivity index (χ0) is 27.8. The zero-order valence-corrected chi connectivity index (χ0v) is 27.2. The summed E-state index contributed by atoms with van der Waals surface area (Å²) in [5, 5.41) is 3.34. The number of ether oxygens (including phenoxy) is 1. The maximum absolute atomic E-state index is 14.0. The summed E-state index contributed by atoms with van der Waals surface area (Å²) in [6, 6.07) is 5.41. The van der Waals surface area contributed by atoms with Crippen LogP contribution in [0.1, 0.15) is 59.5 Å². The van der Waals surface area contributed by atoms with E-state index in [0.717, 1.165) is 47.4 Å². The van der Waals surface area contributed by atoms with Crippen molar-refractivity contribution in [3.8, 4) is 17.1 Å². The summed E-state index contributed by atoms with van der Waals surface area (Å²) in [4.78, 5) is 9.56. The number of aromatic nitrogens is 4. The number of quaternary nitrogens is 1. The smallest absolute Gasteiger partial charge is 0.243 e. The predicted molar refractivity (Wildman–Crippen MR) is 153 cm³/mol. The van der Waals surface area contributed by atoms with E-state index in [1.807, 2.05) is 18.4 Å². The molecule has 0 spiro atoms. The second-order valence-electron chi connectivity index (χ2n) is 10.3. The van der Waals surface area contributed by atoms with Crippen molar-refractivity contribution in [2.45, 2.75) is 78.3 Å². The molecule has 1 N–H and O–H groups in total. The first kappa shape index (κ1) is 31.7. The van der Waals surface area contributed by atoms with E-state index in [9.17, 15) is 8.42 Å². The van der Waals surface area contributed by atoms with Crippen LogP contribution < -0.4 is 21.7 Å². The standard InChI is InChI=1S/C27H40N6O3S2.BrH/c1-8-12-24-28-20(7)25-27(37)29-26(30-32(24)25)22-15-21(13-14-23(22)36-11-4)38(34,35)31-16-18(5)33(9-2,10-3)19(6)17-31;/h13-15,18-19H,8-12,16-17H2,1-7H3;1H/t18-,19+;. The first-order valence-corrected chi connectivity index (χ1v) is 15.5. The van der Waals surface area contributed by atoms with Gasteiger partial charge in [-0.25, -0.2) is 22.9 Å². The largest absolute Gasteiger partial charge is 1.00 e. The number of nitrogens with one attached hydrogen (secondary N) is 1. The molecule has 2 aromatic heterocycles. The topological polar surface area (TPSA) is 92.6 Å². The van der Waals surface area contributed by atoms with Gasteiger partial charge in [0, 0.05) is 6.42 Å². The van der Waals surface area contributed by atoms with Crippen LogP contribution in [0, 0.1) is 11.6 Å². The minimum Gasteiger partial charge on any atom is -1.00 e. The van der Waals surface area contributed by atoms with Gasteiger partial charge in [-0.3, -0.25) is 5.10 Å². The minimum absolute atomic E-state index is 0. The summed E-state index contributed by atoms with van der Waals surface area (Å²) in [6.07, 6.45) is 1.70. The number of aryl methyl sites for hydroxylation is 2. The fourth-order valence-electron chi connectivity index (χ4n) is 6.13. The van der Waals surface area contributed by atoms with E-state index in [4.69, 9.17) is 17.0 Å². The van der Waals surface area contributed by atoms with Gasteiger partial charge in [-0.05, 0) is 66.2 Å². The minimum atomic E-state index is -3.74. The van der Waals surface area contributed by atoms with Gasteiger partial charge in [-0.2, -0.15) is 4.31 Å². The normalized spacial score (nSPS) is 19.7. The monoisotopic (exact) mass is 640 g/mol. The molecule has 1 saturated heterocycles. The molecule has 12 heteroatoms. The van der Waals surface area contributed by atoms with Crippen LogP contribution >= 0.6 is 12.2 Å². The van der Waals surface area contributed by atoms with E-state index in [1.54, 1.807) is 22.5 Å². The van der Waals surface area contributed by atoms with Crippen molar-refractivity contribution in [2.75, 3.05) is 32.8 Å².